The third kappa shape index (κ3) is 4.03. The zero-order valence-electron chi connectivity index (χ0n) is 15.4. The van der Waals surface area contributed by atoms with Crippen LogP contribution in [0.4, 0.5) is 5.95 Å². The second-order valence-corrected chi connectivity index (χ2v) is 8.58. The number of furan rings is 1. The maximum atomic E-state index is 13.2. The van der Waals surface area contributed by atoms with Crippen molar-refractivity contribution in [3.05, 3.63) is 83.1 Å². The van der Waals surface area contributed by atoms with Gasteiger partial charge in [-0.05, 0) is 48.9 Å². The molecule has 9 heteroatoms. The summed E-state index contributed by atoms with van der Waals surface area (Å²) in [6, 6.07) is 17.2. The minimum Gasteiger partial charge on any atom is -0.461 e. The topological polar surface area (TPSA) is 90.0 Å². The molecule has 0 aliphatic heterocycles. The quantitative estimate of drug-likeness (QED) is 0.491. The first kappa shape index (κ1) is 19.2. The van der Waals surface area contributed by atoms with E-state index in [1.165, 1.54) is 6.26 Å². The molecular formula is C20H17ClN4O3S. The molecule has 7 nitrogen and oxygen atoms in total. The highest BCUT2D eigenvalue weighted by Gasteiger charge is 2.25. The van der Waals surface area contributed by atoms with Gasteiger partial charge in [-0.2, -0.15) is 13.4 Å². The summed E-state index contributed by atoms with van der Waals surface area (Å²) in [5.41, 5.74) is 1.83. The van der Waals surface area contributed by atoms with Crippen molar-refractivity contribution in [2.45, 2.75) is 18.4 Å². The molecule has 4 aromatic rings. The predicted octanol–water partition coefficient (Wildman–Crippen LogP) is 4.35. The number of benzene rings is 2. The van der Waals surface area contributed by atoms with Crippen LogP contribution in [0.5, 0.6) is 0 Å². The van der Waals surface area contributed by atoms with Gasteiger partial charge in [0.1, 0.15) is 0 Å². The molecule has 2 aromatic heterocycles. The van der Waals surface area contributed by atoms with Crippen LogP contribution in [0.3, 0.4) is 0 Å². The molecular weight excluding hydrogens is 412 g/mol. The number of hydrogen-bond donors (Lipinski definition) is 1. The molecule has 0 aliphatic rings. The van der Waals surface area contributed by atoms with E-state index in [1.807, 2.05) is 19.1 Å². The molecule has 0 unspecified atom stereocenters. The second kappa shape index (κ2) is 7.73. The fraction of sp³-hybridized carbons (Fsp3) is 0.100. The molecule has 29 heavy (non-hydrogen) atoms. The Kier molecular flexibility index (Phi) is 5.12. The average Bonchev–Trinajstić information content (AvgIpc) is 3.37. The van der Waals surface area contributed by atoms with Gasteiger partial charge >= 0.3 is 0 Å². The van der Waals surface area contributed by atoms with Crippen molar-refractivity contribution in [2.75, 3.05) is 5.32 Å². The van der Waals surface area contributed by atoms with E-state index in [1.54, 1.807) is 48.5 Å². The van der Waals surface area contributed by atoms with Gasteiger partial charge in [-0.15, -0.1) is 9.19 Å². The molecule has 4 rings (SSSR count). The van der Waals surface area contributed by atoms with Crippen molar-refractivity contribution < 1.29 is 12.8 Å². The third-order valence-electron chi connectivity index (χ3n) is 4.21. The smallest absolute Gasteiger partial charge is 0.286 e. The van der Waals surface area contributed by atoms with Gasteiger partial charge in [-0.25, -0.2) is 0 Å². The molecule has 148 valence electrons. The summed E-state index contributed by atoms with van der Waals surface area (Å²) >= 11 is 6.03. The van der Waals surface area contributed by atoms with E-state index >= 15 is 0 Å². The molecule has 0 saturated heterocycles. The van der Waals surface area contributed by atoms with Crippen molar-refractivity contribution >= 4 is 27.6 Å². The van der Waals surface area contributed by atoms with Gasteiger partial charge in [0.25, 0.3) is 10.0 Å². The van der Waals surface area contributed by atoms with Crippen LogP contribution in [0, 0.1) is 6.92 Å². The van der Waals surface area contributed by atoms with Crippen molar-refractivity contribution in [2.24, 2.45) is 0 Å². The Labute approximate surface area is 173 Å². The first-order chi connectivity index (χ1) is 13.9. The minimum absolute atomic E-state index is 0.0805. The Morgan fingerprint density at radius 3 is 2.59 bits per heavy atom. The van der Waals surface area contributed by atoms with Crippen LogP contribution in [-0.4, -0.2) is 22.6 Å². The van der Waals surface area contributed by atoms with Crippen LogP contribution in [-0.2, 0) is 16.6 Å². The van der Waals surface area contributed by atoms with Gasteiger partial charge in [-0.3, -0.25) is 0 Å². The predicted molar refractivity (Wildman–Crippen MR) is 110 cm³/mol. The van der Waals surface area contributed by atoms with E-state index in [9.17, 15) is 8.42 Å². The second-order valence-electron chi connectivity index (χ2n) is 6.38. The summed E-state index contributed by atoms with van der Waals surface area (Å²) in [7, 11) is -3.96. The van der Waals surface area contributed by atoms with E-state index in [4.69, 9.17) is 16.0 Å². The van der Waals surface area contributed by atoms with Crippen molar-refractivity contribution in [1.29, 1.82) is 0 Å². The standard InChI is InChI=1S/C20H17ClN4O3S/c1-14-7-9-17(10-8-14)29(26,27)25-20(22-13-15-4-2-5-16(21)12-15)23-19(24-25)18-6-3-11-28-18/h2-12H,13H2,1H3,(H,22,23,24). The molecule has 0 fully saturated rings. The lowest BCUT2D eigenvalue weighted by atomic mass is 10.2. The number of nitrogens with one attached hydrogen (secondary N) is 1. The molecule has 1 N–H and O–H groups in total. The van der Waals surface area contributed by atoms with E-state index < -0.39 is 10.0 Å². The highest BCUT2D eigenvalue weighted by atomic mass is 35.5. The van der Waals surface area contributed by atoms with E-state index in [-0.39, 0.29) is 16.7 Å². The SMILES string of the molecule is Cc1ccc(S(=O)(=O)n2nc(-c3ccco3)nc2NCc2cccc(Cl)c2)cc1. The molecule has 2 heterocycles. The number of aromatic nitrogens is 3. The van der Waals surface area contributed by atoms with Crippen LogP contribution >= 0.6 is 11.6 Å². The highest BCUT2D eigenvalue weighted by molar-refractivity contribution is 7.90. The monoisotopic (exact) mass is 428 g/mol. The van der Waals surface area contributed by atoms with E-state index in [2.05, 4.69) is 15.4 Å². The van der Waals surface area contributed by atoms with Crippen molar-refractivity contribution in [3.8, 4) is 11.6 Å². The highest BCUT2D eigenvalue weighted by Crippen LogP contribution is 2.23. The average molecular weight is 429 g/mol. The van der Waals surface area contributed by atoms with Crippen molar-refractivity contribution in [1.82, 2.24) is 14.2 Å². The summed E-state index contributed by atoms with van der Waals surface area (Å²) < 4.78 is 32.6. The maximum Gasteiger partial charge on any atom is 0.286 e. The van der Waals surface area contributed by atoms with Gasteiger partial charge in [0.15, 0.2) is 5.76 Å². The number of aryl methyl sites for hydroxylation is 1. The Morgan fingerprint density at radius 1 is 1.10 bits per heavy atom. The van der Waals surface area contributed by atoms with Gasteiger partial charge in [0.2, 0.25) is 11.8 Å². The van der Waals surface area contributed by atoms with Gasteiger partial charge in [0.05, 0.1) is 11.2 Å². The van der Waals surface area contributed by atoms with Gasteiger partial charge < -0.3 is 9.73 Å². The van der Waals surface area contributed by atoms with Crippen LogP contribution < -0.4 is 5.32 Å². The lowest BCUT2D eigenvalue weighted by Gasteiger charge is -2.09. The Balaban J connectivity index is 1.74. The first-order valence-corrected chi connectivity index (χ1v) is 10.6. The summed E-state index contributed by atoms with van der Waals surface area (Å²) in [4.78, 5) is 4.45. The fourth-order valence-electron chi connectivity index (χ4n) is 2.72. The van der Waals surface area contributed by atoms with Crippen LogP contribution in [0.25, 0.3) is 11.6 Å². The molecule has 0 amide bonds. The summed E-state index contributed by atoms with van der Waals surface area (Å²) in [5, 5.41) is 7.82. The zero-order chi connectivity index (χ0) is 20.4. The summed E-state index contributed by atoms with van der Waals surface area (Å²) in [5.74, 6) is 0.616. The third-order valence-corrected chi connectivity index (χ3v) is 6.02. The molecule has 0 saturated carbocycles. The number of hydrogen-bond acceptors (Lipinski definition) is 6. The Hall–Kier alpha value is -3.10. The van der Waals surface area contributed by atoms with E-state index in [0.717, 1.165) is 15.2 Å². The Bertz CT molecular complexity index is 1230. The molecule has 0 radical (unpaired) electrons. The lowest BCUT2D eigenvalue weighted by Crippen LogP contribution is -2.18. The van der Waals surface area contributed by atoms with Crippen LogP contribution in [0.2, 0.25) is 5.02 Å². The summed E-state index contributed by atoms with van der Waals surface area (Å²) in [6.45, 7) is 2.21. The van der Waals surface area contributed by atoms with Gasteiger partial charge in [-0.1, -0.05) is 41.4 Å². The van der Waals surface area contributed by atoms with Crippen LogP contribution in [0.15, 0.2) is 76.2 Å². The molecule has 2 aromatic carbocycles. The zero-order valence-corrected chi connectivity index (χ0v) is 17.0. The number of nitrogens with zero attached hydrogens (tertiary/aromatic N) is 3. The first-order valence-electron chi connectivity index (χ1n) is 8.75. The fourth-order valence-corrected chi connectivity index (χ4v) is 4.13. The molecule has 0 atom stereocenters. The van der Waals surface area contributed by atoms with Crippen molar-refractivity contribution in [3.63, 3.8) is 0 Å². The minimum atomic E-state index is -3.96. The number of rotatable bonds is 6. The lowest BCUT2D eigenvalue weighted by molar-refractivity contribution is 0.573. The molecule has 0 aliphatic carbocycles. The normalized spacial score (nSPS) is 11.5. The largest absolute Gasteiger partial charge is 0.461 e. The van der Waals surface area contributed by atoms with Gasteiger partial charge in [0, 0.05) is 11.6 Å². The maximum absolute atomic E-state index is 13.2. The molecule has 0 bridgehead atoms. The number of halogens is 1. The van der Waals surface area contributed by atoms with Crippen LogP contribution in [0.1, 0.15) is 11.1 Å². The number of anilines is 1. The van der Waals surface area contributed by atoms with E-state index in [0.29, 0.717) is 17.3 Å². The Morgan fingerprint density at radius 2 is 1.90 bits per heavy atom. The molecule has 0 spiro atoms. The summed E-state index contributed by atoms with van der Waals surface area (Å²) in [6.07, 6.45) is 1.48.